The van der Waals surface area contributed by atoms with Crippen LogP contribution < -0.4 is 10.1 Å². The Kier molecular flexibility index (Phi) is 12.9. The van der Waals surface area contributed by atoms with Crippen LogP contribution in [0.15, 0.2) is 184 Å². The molecule has 8 rings (SSSR count). The van der Waals surface area contributed by atoms with E-state index < -0.39 is 67.6 Å². The first-order valence-electron chi connectivity index (χ1n) is 19.6. The topological polar surface area (TPSA) is 316 Å². The molecule has 8 aromatic rings. The van der Waals surface area contributed by atoms with E-state index >= 15 is 0 Å². The summed E-state index contributed by atoms with van der Waals surface area (Å²) in [4.78, 5) is -1.79. The minimum absolute atomic E-state index is 0.00328. The second-order valence-electron chi connectivity index (χ2n) is 14.5. The highest BCUT2D eigenvalue weighted by atomic mass is 32.2. The highest BCUT2D eigenvalue weighted by Crippen LogP contribution is 2.47. The molecule has 0 bridgehead atoms. The van der Waals surface area contributed by atoms with Gasteiger partial charge in [0.15, 0.2) is 16.8 Å². The average Bonchev–Trinajstić information content (AvgIpc) is 3.29. The molecule has 0 heterocycles. The number of phenolic OH excluding ortho intramolecular Hbond substituents is 1. The number of benzene rings is 8. The minimum Gasteiger partial charge on any atom is -0.505 e. The first kappa shape index (κ1) is 47.1. The number of nitrogens with one attached hydrogen (secondary N) is 1. The Morgan fingerprint density at radius 2 is 1.18 bits per heavy atom. The van der Waals surface area contributed by atoms with Crippen LogP contribution in [-0.2, 0) is 41.4 Å². The van der Waals surface area contributed by atoms with Crippen molar-refractivity contribution < 1.29 is 57.5 Å². The predicted molar refractivity (Wildman–Crippen MR) is 252 cm³/mol. The lowest BCUT2D eigenvalue weighted by molar-refractivity contribution is 0.342. The van der Waals surface area contributed by atoms with Crippen molar-refractivity contribution >= 4 is 119 Å². The van der Waals surface area contributed by atoms with Crippen LogP contribution in [0.1, 0.15) is 6.92 Å². The zero-order valence-electron chi connectivity index (χ0n) is 34.7. The summed E-state index contributed by atoms with van der Waals surface area (Å²) in [7, 11) is -14.4. The molecule has 0 aromatic heterocycles. The molecular weight excluding hydrogens is 963 g/mol. The Morgan fingerprint density at radius 3 is 1.87 bits per heavy atom. The van der Waals surface area contributed by atoms with Crippen molar-refractivity contribution in [1.29, 1.82) is 0 Å². The van der Waals surface area contributed by atoms with Crippen LogP contribution in [0.3, 0.4) is 0 Å². The van der Waals surface area contributed by atoms with Gasteiger partial charge in [-0.3, -0.25) is 13.7 Å². The van der Waals surface area contributed by atoms with Gasteiger partial charge in [0.05, 0.1) is 44.0 Å². The molecule has 0 amide bonds. The van der Waals surface area contributed by atoms with Gasteiger partial charge in [-0.1, -0.05) is 36.4 Å². The minimum atomic E-state index is -5.06. The molecule has 0 saturated carbocycles. The summed E-state index contributed by atoms with van der Waals surface area (Å²) in [6.45, 7) is 1.66. The van der Waals surface area contributed by atoms with Crippen molar-refractivity contribution in [3.63, 3.8) is 0 Å². The van der Waals surface area contributed by atoms with E-state index in [9.17, 15) is 52.8 Å². The number of hydrogen-bond acceptors (Lipinski definition) is 16. The number of nitrogens with zero attached hydrogens (tertiary/aromatic N) is 6. The van der Waals surface area contributed by atoms with E-state index in [1.165, 1.54) is 66.7 Å². The third kappa shape index (κ3) is 10.1. The molecule has 1 unspecified atom stereocenters. The van der Waals surface area contributed by atoms with Crippen molar-refractivity contribution in [2.45, 2.75) is 26.5 Å². The van der Waals surface area contributed by atoms with Gasteiger partial charge in [0.25, 0.3) is 30.4 Å². The van der Waals surface area contributed by atoms with E-state index in [2.05, 4.69) is 36.0 Å². The first-order valence-corrected chi connectivity index (χ1v) is 25.0. The third-order valence-electron chi connectivity index (χ3n) is 10.1. The molecular formula is C44H33N7O13S4. The lowest BCUT2D eigenvalue weighted by Gasteiger charge is -2.13. The van der Waals surface area contributed by atoms with Crippen LogP contribution >= 0.6 is 0 Å². The number of para-hydroxylation sites is 1. The number of hydrogen-bond donors (Lipinski definition) is 6. The monoisotopic (exact) mass is 995 g/mol. The van der Waals surface area contributed by atoms with E-state index in [-0.39, 0.29) is 72.6 Å². The number of anilines is 2. The number of phenols is 1. The second-order valence-corrected chi connectivity index (χ2v) is 19.7. The standard InChI is InChI=1S/C44H33N7O13S4/c1-2-64-40-24-39(49-48-38-18-17-37(33-15-12-29(65(53)54)22-35(33)38)47-46-28-9-6-10-30(21-28)66(55,56)57)36-23-31(67(58,59)60)13-16-34(36)42(40)50-51-43-41(68(61,62)63)20-25-19-27(11-14-32(25)44(43)52)45-26-7-4-3-5-8-26/h3-24,45,52H,2H2,1H3,(H,53,54)(H,55,56,57)(H,58,59,60)(H,61,62,63). The molecule has 1 atom stereocenters. The Balaban J connectivity index is 1.25. The van der Waals surface area contributed by atoms with Gasteiger partial charge in [0.1, 0.15) is 22.0 Å². The fourth-order valence-electron chi connectivity index (χ4n) is 6.97. The van der Waals surface area contributed by atoms with Crippen LogP contribution in [0, 0.1) is 0 Å². The summed E-state index contributed by atoms with van der Waals surface area (Å²) in [5.41, 5.74) is 0.846. The summed E-state index contributed by atoms with van der Waals surface area (Å²) in [6, 6.07) is 31.8. The van der Waals surface area contributed by atoms with E-state index in [0.29, 0.717) is 11.1 Å². The lowest BCUT2D eigenvalue weighted by Crippen LogP contribution is -1.99. The molecule has 8 aromatic carbocycles. The van der Waals surface area contributed by atoms with Gasteiger partial charge in [0, 0.05) is 44.4 Å². The van der Waals surface area contributed by atoms with Gasteiger partial charge in [-0.2, -0.15) is 30.4 Å². The molecule has 24 heteroatoms. The van der Waals surface area contributed by atoms with Gasteiger partial charge in [-0.25, -0.2) is 4.21 Å². The Morgan fingerprint density at radius 1 is 0.544 bits per heavy atom. The van der Waals surface area contributed by atoms with E-state index in [1.807, 2.05) is 30.3 Å². The van der Waals surface area contributed by atoms with Crippen molar-refractivity contribution in [2.75, 3.05) is 11.9 Å². The molecule has 0 aliphatic rings. The maximum atomic E-state index is 12.8. The highest BCUT2D eigenvalue weighted by molar-refractivity contribution is 7.86. The quantitative estimate of drug-likeness (QED) is 0.0335. The molecule has 20 nitrogen and oxygen atoms in total. The molecule has 0 fully saturated rings. The average molecular weight is 996 g/mol. The molecule has 346 valence electrons. The number of fused-ring (bicyclic) bond motifs is 3. The Bertz CT molecular complexity index is 3820. The number of ether oxygens (including phenoxy) is 1. The van der Waals surface area contributed by atoms with Gasteiger partial charge in [0.2, 0.25) is 0 Å². The zero-order valence-corrected chi connectivity index (χ0v) is 38.0. The van der Waals surface area contributed by atoms with E-state index in [0.717, 1.165) is 30.0 Å². The number of rotatable bonds is 14. The molecule has 68 heavy (non-hydrogen) atoms. The number of azo groups is 3. The maximum Gasteiger partial charge on any atom is 0.296 e. The molecule has 0 saturated heterocycles. The summed E-state index contributed by atoms with van der Waals surface area (Å²) >= 11 is -2.45. The summed E-state index contributed by atoms with van der Waals surface area (Å²) < 4.78 is 132. The van der Waals surface area contributed by atoms with Gasteiger partial charge in [-0.05, 0) is 103 Å². The molecule has 0 spiro atoms. The summed E-state index contributed by atoms with van der Waals surface area (Å²) in [5.74, 6) is -0.690. The van der Waals surface area contributed by atoms with Crippen molar-refractivity contribution in [1.82, 2.24) is 0 Å². The zero-order chi connectivity index (χ0) is 48.5. The predicted octanol–water partition coefficient (Wildman–Crippen LogP) is 11.6. The fraction of sp³-hybridized carbons (Fsp3) is 0.0455. The largest absolute Gasteiger partial charge is 0.505 e. The van der Waals surface area contributed by atoms with Gasteiger partial charge in [-0.15, -0.1) is 25.6 Å². The lowest BCUT2D eigenvalue weighted by atomic mass is 10.1. The Labute approximate surface area is 388 Å². The second kappa shape index (κ2) is 18.7. The summed E-state index contributed by atoms with van der Waals surface area (Å²) in [6.07, 6.45) is 0. The third-order valence-corrected chi connectivity index (χ3v) is 13.3. The molecule has 0 radical (unpaired) electrons. The highest BCUT2D eigenvalue weighted by Gasteiger charge is 2.24. The van der Waals surface area contributed by atoms with Crippen molar-refractivity contribution in [3.8, 4) is 11.5 Å². The SMILES string of the molecule is CCOc1cc(N=Nc2ccc(N=Nc3cccc(S(=O)(=O)O)c3)c3ccc(S(=O)O)cc23)c2cc(S(=O)(=O)O)ccc2c1N=Nc1c(S(=O)(=O)O)cc2cc(Nc3ccccc3)ccc2c1O. The van der Waals surface area contributed by atoms with Gasteiger partial charge < -0.3 is 19.7 Å². The van der Waals surface area contributed by atoms with Crippen LogP contribution in [0.5, 0.6) is 11.5 Å². The van der Waals surface area contributed by atoms with E-state index in [4.69, 9.17) is 4.74 Å². The fourth-order valence-corrected chi connectivity index (χ4v) is 9.06. The van der Waals surface area contributed by atoms with Crippen LogP contribution in [0.25, 0.3) is 32.3 Å². The first-order chi connectivity index (χ1) is 32.3. The molecule has 0 aliphatic heterocycles. The van der Waals surface area contributed by atoms with Crippen LogP contribution in [0.4, 0.5) is 45.5 Å². The smallest absolute Gasteiger partial charge is 0.296 e. The maximum absolute atomic E-state index is 12.8. The van der Waals surface area contributed by atoms with Crippen molar-refractivity contribution in [2.24, 2.45) is 30.7 Å². The normalized spacial score (nSPS) is 13.1. The van der Waals surface area contributed by atoms with Crippen LogP contribution in [-0.4, -0.2) is 59.4 Å². The summed E-state index contributed by atoms with van der Waals surface area (Å²) in [5, 5.41) is 41.2. The van der Waals surface area contributed by atoms with Crippen LogP contribution in [0.2, 0.25) is 0 Å². The molecule has 0 aliphatic carbocycles. The Hall–Kier alpha value is -7.42. The molecule has 6 N–H and O–H groups in total. The number of aromatic hydroxyl groups is 1. The van der Waals surface area contributed by atoms with E-state index in [1.54, 1.807) is 19.1 Å². The van der Waals surface area contributed by atoms with Crippen molar-refractivity contribution in [3.05, 3.63) is 133 Å². The van der Waals surface area contributed by atoms with Gasteiger partial charge >= 0.3 is 0 Å².